The molecule has 0 saturated heterocycles. The minimum absolute atomic E-state index is 0.00598. The van der Waals surface area contributed by atoms with Gasteiger partial charge in [-0.15, -0.1) is 10.2 Å². The maximum absolute atomic E-state index is 12.0. The SMILES string of the molecule is O=[N+]([O-])c1cn(C23CC4CC(CC(C4)C2)C3)nc1-c1nnc(C23CC4CC(CC(C4)C2)C3)o1. The first-order valence-electron chi connectivity index (χ1n) is 13.1. The van der Waals surface area contributed by atoms with Gasteiger partial charge in [0.15, 0.2) is 0 Å². The monoisotopic (exact) mass is 449 g/mol. The molecule has 0 aliphatic heterocycles. The quantitative estimate of drug-likeness (QED) is 0.468. The number of rotatable bonds is 4. The van der Waals surface area contributed by atoms with Crippen LogP contribution in [0.1, 0.15) is 82.9 Å². The molecule has 0 N–H and O–H groups in total. The van der Waals surface area contributed by atoms with Crippen LogP contribution in [0.15, 0.2) is 10.6 Å². The van der Waals surface area contributed by atoms with Crippen LogP contribution in [0.2, 0.25) is 0 Å². The van der Waals surface area contributed by atoms with E-state index in [9.17, 15) is 10.1 Å². The van der Waals surface area contributed by atoms with Gasteiger partial charge in [-0.2, -0.15) is 5.10 Å². The van der Waals surface area contributed by atoms with Gasteiger partial charge in [-0.3, -0.25) is 14.8 Å². The van der Waals surface area contributed by atoms with Crippen molar-refractivity contribution in [1.29, 1.82) is 0 Å². The molecule has 174 valence electrons. The van der Waals surface area contributed by atoms with Gasteiger partial charge in [0, 0.05) is 5.41 Å². The molecule has 0 aromatic carbocycles. The molecule has 2 heterocycles. The highest BCUT2D eigenvalue weighted by atomic mass is 16.6. The van der Waals surface area contributed by atoms with Gasteiger partial charge < -0.3 is 4.42 Å². The first-order chi connectivity index (χ1) is 16.0. The highest BCUT2D eigenvalue weighted by molar-refractivity contribution is 5.61. The number of hydrogen-bond acceptors (Lipinski definition) is 6. The van der Waals surface area contributed by atoms with E-state index in [1.165, 1.54) is 38.5 Å². The summed E-state index contributed by atoms with van der Waals surface area (Å²) in [5.41, 5.74) is 0.184. The zero-order chi connectivity index (χ0) is 21.9. The van der Waals surface area contributed by atoms with E-state index in [2.05, 4.69) is 10.2 Å². The van der Waals surface area contributed by atoms with Gasteiger partial charge in [0.25, 0.3) is 5.89 Å². The minimum Gasteiger partial charge on any atom is -0.418 e. The van der Waals surface area contributed by atoms with E-state index < -0.39 is 0 Å². The molecule has 8 heteroatoms. The van der Waals surface area contributed by atoms with E-state index in [0.717, 1.165) is 74.0 Å². The lowest BCUT2D eigenvalue weighted by Crippen LogP contribution is -2.52. The van der Waals surface area contributed by atoms with Crippen molar-refractivity contribution in [3.63, 3.8) is 0 Å². The summed E-state index contributed by atoms with van der Waals surface area (Å²) >= 11 is 0. The summed E-state index contributed by atoms with van der Waals surface area (Å²) in [4.78, 5) is 11.7. The third-order valence-corrected chi connectivity index (χ3v) is 10.5. The molecule has 33 heavy (non-hydrogen) atoms. The number of hydrogen-bond donors (Lipinski definition) is 0. The Labute approximate surface area is 192 Å². The molecule has 2 aromatic rings. The van der Waals surface area contributed by atoms with E-state index in [4.69, 9.17) is 9.52 Å². The Morgan fingerprint density at radius 1 is 0.848 bits per heavy atom. The van der Waals surface area contributed by atoms with Gasteiger partial charge in [0.2, 0.25) is 11.6 Å². The predicted molar refractivity (Wildman–Crippen MR) is 118 cm³/mol. The average molecular weight is 450 g/mol. The largest absolute Gasteiger partial charge is 0.418 e. The summed E-state index contributed by atoms with van der Waals surface area (Å²) in [6.45, 7) is 0. The maximum Gasteiger partial charge on any atom is 0.320 e. The Morgan fingerprint density at radius 2 is 1.36 bits per heavy atom. The van der Waals surface area contributed by atoms with Gasteiger partial charge in [-0.25, -0.2) is 0 Å². The van der Waals surface area contributed by atoms with E-state index in [0.29, 0.717) is 5.89 Å². The predicted octanol–water partition coefficient (Wildman–Crippen LogP) is 5.23. The van der Waals surface area contributed by atoms with Crippen molar-refractivity contribution >= 4 is 5.69 Å². The van der Waals surface area contributed by atoms with E-state index in [1.807, 2.05) is 4.68 Å². The lowest BCUT2D eigenvalue weighted by atomic mass is 9.49. The summed E-state index contributed by atoms with van der Waals surface area (Å²) < 4.78 is 8.22. The van der Waals surface area contributed by atoms with Gasteiger partial charge >= 0.3 is 5.69 Å². The van der Waals surface area contributed by atoms with Crippen LogP contribution in [0.3, 0.4) is 0 Å². The van der Waals surface area contributed by atoms with E-state index in [1.54, 1.807) is 6.20 Å². The van der Waals surface area contributed by atoms with E-state index >= 15 is 0 Å². The molecular weight excluding hydrogens is 418 g/mol. The van der Waals surface area contributed by atoms with Crippen molar-refractivity contribution in [3.05, 3.63) is 22.2 Å². The molecule has 0 amide bonds. The lowest BCUT2D eigenvalue weighted by Gasteiger charge is -2.56. The van der Waals surface area contributed by atoms with Crippen molar-refractivity contribution in [3.8, 4) is 11.6 Å². The minimum atomic E-state index is -0.325. The second-order valence-electron chi connectivity index (χ2n) is 12.8. The van der Waals surface area contributed by atoms with Crippen LogP contribution in [-0.4, -0.2) is 24.9 Å². The molecule has 8 nitrogen and oxygen atoms in total. The number of aromatic nitrogens is 4. The molecule has 8 bridgehead atoms. The normalized spacial score (nSPS) is 44.6. The summed E-state index contributed by atoms with van der Waals surface area (Å²) in [5, 5.41) is 25.7. The van der Waals surface area contributed by atoms with Gasteiger partial charge in [-0.1, -0.05) is 0 Å². The molecular formula is C25H31N5O3. The highest BCUT2D eigenvalue weighted by Gasteiger charge is 2.55. The van der Waals surface area contributed by atoms with Crippen LogP contribution < -0.4 is 0 Å². The molecule has 8 saturated carbocycles. The molecule has 2 aromatic heterocycles. The Morgan fingerprint density at radius 3 is 1.88 bits per heavy atom. The summed E-state index contributed by atoms with van der Waals surface area (Å²) in [7, 11) is 0. The van der Waals surface area contributed by atoms with Crippen LogP contribution in [-0.2, 0) is 11.0 Å². The molecule has 8 fully saturated rings. The number of nitro groups is 1. The van der Waals surface area contributed by atoms with Crippen LogP contribution in [0.4, 0.5) is 5.69 Å². The summed E-state index contributed by atoms with van der Waals surface area (Å²) in [6, 6.07) is 0. The highest BCUT2D eigenvalue weighted by Crippen LogP contribution is 2.61. The van der Waals surface area contributed by atoms with Crippen LogP contribution >= 0.6 is 0 Å². The maximum atomic E-state index is 12.0. The van der Waals surface area contributed by atoms with Crippen LogP contribution in [0.5, 0.6) is 0 Å². The zero-order valence-corrected chi connectivity index (χ0v) is 19.0. The van der Waals surface area contributed by atoms with Gasteiger partial charge in [-0.05, 0) is 113 Å². The smallest absolute Gasteiger partial charge is 0.320 e. The van der Waals surface area contributed by atoms with Crippen LogP contribution in [0, 0.1) is 45.6 Å². The Hall–Kier alpha value is -2.25. The van der Waals surface area contributed by atoms with Crippen molar-refractivity contribution in [2.45, 2.75) is 88.0 Å². The fourth-order valence-corrected chi connectivity index (χ4v) is 10.1. The Balaban J connectivity index is 1.17. The Kier molecular flexibility index (Phi) is 3.61. The van der Waals surface area contributed by atoms with Crippen molar-refractivity contribution in [2.75, 3.05) is 0 Å². The molecule has 0 radical (unpaired) electrons. The molecule has 0 spiro atoms. The topological polar surface area (TPSA) is 99.9 Å². The zero-order valence-electron chi connectivity index (χ0n) is 19.0. The van der Waals surface area contributed by atoms with Crippen molar-refractivity contribution < 1.29 is 9.34 Å². The molecule has 8 aliphatic carbocycles. The Bertz CT molecular complexity index is 1080. The standard InChI is InChI=1S/C25H31N5O3/c31-30(32)20-13-29(25-10-17-4-18(11-25)6-19(5-17)12-25)28-21(20)22-26-27-23(33-22)24-7-14-1-15(8-24)3-16(2-14)9-24/h13-19H,1-12H2. The molecule has 0 unspecified atom stereocenters. The molecule has 8 aliphatic rings. The second-order valence-corrected chi connectivity index (χ2v) is 12.8. The first kappa shape index (κ1) is 19.1. The van der Waals surface area contributed by atoms with Crippen LogP contribution in [0.25, 0.3) is 11.6 Å². The average Bonchev–Trinajstić information content (AvgIpc) is 3.40. The molecule has 0 atom stereocenters. The van der Waals surface area contributed by atoms with E-state index in [-0.39, 0.29) is 33.1 Å². The van der Waals surface area contributed by atoms with Gasteiger partial charge in [0.05, 0.1) is 10.5 Å². The lowest BCUT2D eigenvalue weighted by molar-refractivity contribution is -0.384. The van der Waals surface area contributed by atoms with Crippen molar-refractivity contribution in [1.82, 2.24) is 20.0 Å². The third-order valence-electron chi connectivity index (χ3n) is 10.5. The summed E-state index contributed by atoms with van der Waals surface area (Å²) in [6.07, 6.45) is 16.4. The summed E-state index contributed by atoms with van der Waals surface area (Å²) in [5.74, 6) is 5.49. The third kappa shape index (κ3) is 2.66. The number of nitrogens with zero attached hydrogens (tertiary/aromatic N) is 5. The fraction of sp³-hybridized carbons (Fsp3) is 0.800. The second kappa shape index (κ2) is 6.25. The van der Waals surface area contributed by atoms with Gasteiger partial charge in [0.1, 0.15) is 6.20 Å². The van der Waals surface area contributed by atoms with Crippen molar-refractivity contribution in [2.24, 2.45) is 35.5 Å². The first-order valence-corrected chi connectivity index (χ1v) is 13.1. The molecule has 10 rings (SSSR count). The fourth-order valence-electron chi connectivity index (χ4n) is 10.1.